The van der Waals surface area contributed by atoms with Gasteiger partial charge >= 0.3 is 0 Å². The van der Waals surface area contributed by atoms with E-state index in [9.17, 15) is 9.90 Å². The molecule has 1 heterocycles. The number of fused-ring (bicyclic) bond motifs is 1. The number of aromatic hydroxyl groups is 1. The Kier molecular flexibility index (Phi) is 6.90. The van der Waals surface area contributed by atoms with Gasteiger partial charge in [-0.15, -0.1) is 0 Å². The number of thiocarbonyl (C=S) groups is 1. The number of rotatable bonds is 6. The number of ether oxygens (including phenoxy) is 1. The molecule has 0 aliphatic rings. The molecule has 0 saturated heterocycles. The average molecular weight is 526 g/mol. The van der Waals surface area contributed by atoms with Crippen LogP contribution in [0.2, 0.25) is 0 Å². The predicted molar refractivity (Wildman–Crippen MR) is 135 cm³/mol. The summed E-state index contributed by atoms with van der Waals surface area (Å²) in [5, 5.41) is 15.5. The molecule has 0 bridgehead atoms. The Labute approximate surface area is 203 Å². The predicted octanol–water partition coefficient (Wildman–Crippen LogP) is 5.88. The van der Waals surface area contributed by atoms with Crippen molar-refractivity contribution < 1.29 is 19.1 Å². The van der Waals surface area contributed by atoms with Gasteiger partial charge in [0.25, 0.3) is 5.91 Å². The first-order valence-corrected chi connectivity index (χ1v) is 11.4. The van der Waals surface area contributed by atoms with Crippen LogP contribution in [-0.2, 0) is 0 Å². The Morgan fingerprint density at radius 1 is 1.18 bits per heavy atom. The van der Waals surface area contributed by atoms with Gasteiger partial charge in [0.1, 0.15) is 17.0 Å². The Hall–Kier alpha value is -3.43. The Morgan fingerprint density at radius 3 is 2.82 bits per heavy atom. The van der Waals surface area contributed by atoms with Gasteiger partial charge in [-0.3, -0.25) is 10.1 Å². The maximum Gasteiger partial charge on any atom is 0.257 e. The summed E-state index contributed by atoms with van der Waals surface area (Å²) in [7, 11) is 0. The van der Waals surface area contributed by atoms with Crippen molar-refractivity contribution in [1.82, 2.24) is 10.3 Å². The van der Waals surface area contributed by atoms with Crippen molar-refractivity contribution in [3.63, 3.8) is 0 Å². The molecular weight excluding hydrogens is 506 g/mol. The molecule has 0 fully saturated rings. The lowest BCUT2D eigenvalue weighted by Crippen LogP contribution is -2.34. The van der Waals surface area contributed by atoms with E-state index in [1.807, 2.05) is 6.92 Å². The topological polar surface area (TPSA) is 96.6 Å². The van der Waals surface area contributed by atoms with Crippen LogP contribution in [0.25, 0.3) is 22.6 Å². The van der Waals surface area contributed by atoms with Crippen molar-refractivity contribution >= 4 is 56.0 Å². The molecule has 0 aliphatic carbocycles. The zero-order valence-electron chi connectivity index (χ0n) is 17.6. The smallest absolute Gasteiger partial charge is 0.257 e. The van der Waals surface area contributed by atoms with E-state index in [1.165, 1.54) is 0 Å². The number of phenolic OH excluding ortho intramolecular Hbond substituents is 1. The lowest BCUT2D eigenvalue weighted by Gasteiger charge is -2.10. The molecule has 1 amide bonds. The summed E-state index contributed by atoms with van der Waals surface area (Å²) < 4.78 is 11.9. The van der Waals surface area contributed by atoms with Gasteiger partial charge in [0, 0.05) is 16.8 Å². The second-order valence-corrected chi connectivity index (χ2v) is 8.41. The summed E-state index contributed by atoms with van der Waals surface area (Å²) >= 11 is 8.59. The van der Waals surface area contributed by atoms with E-state index in [-0.39, 0.29) is 16.8 Å². The fourth-order valence-electron chi connectivity index (χ4n) is 3.05. The second kappa shape index (κ2) is 10.0. The molecule has 0 unspecified atom stereocenters. The number of nitrogens with one attached hydrogen (secondary N) is 2. The maximum atomic E-state index is 12.6. The van der Waals surface area contributed by atoms with Gasteiger partial charge < -0.3 is 19.6 Å². The highest BCUT2D eigenvalue weighted by atomic mass is 79.9. The minimum absolute atomic E-state index is 0.136. The number of amides is 1. The first-order valence-electron chi connectivity index (χ1n) is 10.2. The quantitative estimate of drug-likeness (QED) is 0.270. The summed E-state index contributed by atoms with van der Waals surface area (Å²) in [5.74, 6) is 0.856. The van der Waals surface area contributed by atoms with Crippen LogP contribution in [0.1, 0.15) is 23.7 Å². The minimum Gasteiger partial charge on any atom is -0.507 e. The van der Waals surface area contributed by atoms with Gasteiger partial charge in [-0.2, -0.15) is 0 Å². The molecule has 0 spiro atoms. The van der Waals surface area contributed by atoms with Crippen molar-refractivity contribution in [2.24, 2.45) is 0 Å². The molecule has 0 aliphatic heterocycles. The van der Waals surface area contributed by atoms with Crippen molar-refractivity contribution in [2.45, 2.75) is 13.3 Å². The number of nitrogens with zero attached hydrogens (tertiary/aromatic N) is 1. The Morgan fingerprint density at radius 2 is 2.03 bits per heavy atom. The molecule has 0 saturated carbocycles. The fraction of sp³-hybridized carbons (Fsp3) is 0.125. The van der Waals surface area contributed by atoms with Crippen molar-refractivity contribution in [3.05, 3.63) is 70.7 Å². The average Bonchev–Trinajstić information content (AvgIpc) is 3.23. The van der Waals surface area contributed by atoms with E-state index in [4.69, 9.17) is 21.4 Å². The highest BCUT2D eigenvalue weighted by Crippen LogP contribution is 2.31. The third-order valence-electron chi connectivity index (χ3n) is 4.64. The number of oxazole rings is 1. The number of halogens is 1. The Balaban J connectivity index is 1.44. The van der Waals surface area contributed by atoms with Gasteiger partial charge in [0.2, 0.25) is 5.89 Å². The van der Waals surface area contributed by atoms with Gasteiger partial charge in [0.05, 0.1) is 11.1 Å². The molecule has 0 radical (unpaired) electrons. The zero-order valence-corrected chi connectivity index (χ0v) is 20.0. The van der Waals surface area contributed by atoms with Gasteiger partial charge in [-0.1, -0.05) is 13.0 Å². The van der Waals surface area contributed by atoms with E-state index in [0.717, 1.165) is 12.0 Å². The van der Waals surface area contributed by atoms with E-state index >= 15 is 0 Å². The van der Waals surface area contributed by atoms with Crippen LogP contribution >= 0.6 is 28.1 Å². The summed E-state index contributed by atoms with van der Waals surface area (Å²) in [5.41, 5.74) is 3.04. The van der Waals surface area contributed by atoms with Crippen molar-refractivity contribution in [1.29, 1.82) is 0 Å². The number of benzene rings is 3. The number of hydrogen-bond acceptors (Lipinski definition) is 6. The van der Waals surface area contributed by atoms with Crippen LogP contribution in [0.15, 0.2) is 69.6 Å². The van der Waals surface area contributed by atoms with Crippen molar-refractivity contribution in [3.8, 4) is 23.0 Å². The molecule has 4 aromatic rings. The van der Waals surface area contributed by atoms with E-state index < -0.39 is 0 Å². The van der Waals surface area contributed by atoms with E-state index in [2.05, 4.69) is 31.5 Å². The number of carbonyl (C=O) groups is 1. The van der Waals surface area contributed by atoms with Crippen LogP contribution in [-0.4, -0.2) is 27.7 Å². The molecule has 1 aromatic heterocycles. The van der Waals surface area contributed by atoms with Crippen LogP contribution in [0.3, 0.4) is 0 Å². The fourth-order valence-corrected chi connectivity index (χ4v) is 3.64. The summed E-state index contributed by atoms with van der Waals surface area (Å²) in [4.78, 5) is 17.1. The highest BCUT2D eigenvalue weighted by Gasteiger charge is 2.12. The largest absolute Gasteiger partial charge is 0.507 e. The molecule has 3 aromatic carbocycles. The van der Waals surface area contributed by atoms with Crippen LogP contribution in [0.4, 0.5) is 5.69 Å². The monoisotopic (exact) mass is 525 g/mol. The van der Waals surface area contributed by atoms with Gasteiger partial charge in [-0.05, 0) is 89.2 Å². The van der Waals surface area contributed by atoms with Crippen LogP contribution in [0, 0.1) is 0 Å². The standard InChI is InChI=1S/C24H20BrN3O4S/c1-2-10-31-17-5-3-4-14(11-17)22(30)28-24(33)26-16-7-9-21-19(13-16)27-23(32-21)15-6-8-20(29)18(25)12-15/h3-9,11-13,29H,2,10H2,1H3,(H2,26,28,30,33). The first-order chi connectivity index (χ1) is 15.9. The zero-order chi connectivity index (χ0) is 23.4. The minimum atomic E-state index is -0.336. The molecule has 0 atom stereocenters. The van der Waals surface area contributed by atoms with Gasteiger partial charge in [0.15, 0.2) is 10.7 Å². The molecule has 4 rings (SSSR count). The SMILES string of the molecule is CCCOc1cccc(C(=O)NC(=S)Nc2ccc3oc(-c4ccc(O)c(Br)c4)nc3c2)c1. The normalized spacial score (nSPS) is 10.7. The lowest BCUT2D eigenvalue weighted by atomic mass is 10.2. The number of carbonyl (C=O) groups excluding carboxylic acids is 1. The Bertz CT molecular complexity index is 1340. The van der Waals surface area contributed by atoms with E-state index in [0.29, 0.717) is 45.1 Å². The number of phenols is 1. The molecule has 9 heteroatoms. The number of hydrogen-bond donors (Lipinski definition) is 3. The second-order valence-electron chi connectivity index (χ2n) is 7.15. The third-order valence-corrected chi connectivity index (χ3v) is 5.48. The lowest BCUT2D eigenvalue weighted by molar-refractivity contribution is 0.0977. The van der Waals surface area contributed by atoms with Gasteiger partial charge in [-0.25, -0.2) is 4.98 Å². The summed E-state index contributed by atoms with van der Waals surface area (Å²) in [6, 6.07) is 17.3. The first kappa shape index (κ1) is 22.8. The molecular formula is C24H20BrN3O4S. The molecule has 7 nitrogen and oxygen atoms in total. The highest BCUT2D eigenvalue weighted by molar-refractivity contribution is 9.10. The number of anilines is 1. The molecule has 3 N–H and O–H groups in total. The van der Waals surface area contributed by atoms with Crippen LogP contribution in [0.5, 0.6) is 11.5 Å². The van der Waals surface area contributed by atoms with E-state index in [1.54, 1.807) is 60.7 Å². The number of aromatic nitrogens is 1. The summed E-state index contributed by atoms with van der Waals surface area (Å²) in [6.07, 6.45) is 0.883. The third kappa shape index (κ3) is 5.50. The maximum absolute atomic E-state index is 12.6. The molecule has 33 heavy (non-hydrogen) atoms. The summed E-state index contributed by atoms with van der Waals surface area (Å²) in [6.45, 7) is 2.60. The van der Waals surface area contributed by atoms with Crippen molar-refractivity contribution in [2.75, 3.05) is 11.9 Å². The molecule has 168 valence electrons. The van der Waals surface area contributed by atoms with Crippen LogP contribution < -0.4 is 15.4 Å².